The summed E-state index contributed by atoms with van der Waals surface area (Å²) in [6, 6.07) is 9.29. The monoisotopic (exact) mass is 519 g/mol. The standard InChI is InChI=1S/C21H27F2N3O2.HI/c1-5-24-21(25-12-14(2)17-8-7-16(22)11-18(17)23)26-13-15-6-9-19(27-3)20(10-15)28-4;/h6-11,14H,5,12-13H2,1-4H3,(H2,24,25,26);1H. The molecule has 2 N–H and O–H groups in total. The van der Waals surface area contributed by atoms with E-state index in [-0.39, 0.29) is 29.9 Å². The average Bonchev–Trinajstić information content (AvgIpc) is 2.69. The van der Waals surface area contributed by atoms with Gasteiger partial charge in [0.1, 0.15) is 11.6 Å². The third-order valence-corrected chi connectivity index (χ3v) is 4.28. The minimum Gasteiger partial charge on any atom is -0.493 e. The van der Waals surface area contributed by atoms with E-state index in [9.17, 15) is 8.78 Å². The lowest BCUT2D eigenvalue weighted by Gasteiger charge is -2.17. The summed E-state index contributed by atoms with van der Waals surface area (Å²) < 4.78 is 37.6. The molecule has 0 fully saturated rings. The molecule has 2 aromatic rings. The highest BCUT2D eigenvalue weighted by Gasteiger charge is 2.12. The van der Waals surface area contributed by atoms with E-state index < -0.39 is 11.6 Å². The molecule has 0 bridgehead atoms. The Bertz CT molecular complexity index is 819. The van der Waals surface area contributed by atoms with Crippen molar-refractivity contribution in [2.24, 2.45) is 4.99 Å². The lowest BCUT2D eigenvalue weighted by Crippen LogP contribution is -2.39. The fourth-order valence-electron chi connectivity index (χ4n) is 2.75. The Balaban J connectivity index is 0.00000420. The Hall–Kier alpha value is -2.10. The lowest BCUT2D eigenvalue weighted by molar-refractivity contribution is 0.354. The number of hydrogen-bond donors (Lipinski definition) is 2. The molecule has 0 amide bonds. The molecular formula is C21H28F2IN3O2. The quantitative estimate of drug-likeness (QED) is 0.308. The van der Waals surface area contributed by atoms with Crippen molar-refractivity contribution in [3.05, 3.63) is 59.2 Å². The summed E-state index contributed by atoms with van der Waals surface area (Å²) in [4.78, 5) is 4.56. The Labute approximate surface area is 187 Å². The van der Waals surface area contributed by atoms with Crippen LogP contribution >= 0.6 is 24.0 Å². The summed E-state index contributed by atoms with van der Waals surface area (Å²) in [7, 11) is 3.18. The van der Waals surface area contributed by atoms with Crippen LogP contribution < -0.4 is 20.1 Å². The Morgan fingerprint density at radius 3 is 2.38 bits per heavy atom. The Morgan fingerprint density at radius 2 is 1.76 bits per heavy atom. The maximum Gasteiger partial charge on any atom is 0.191 e. The topological polar surface area (TPSA) is 54.9 Å². The molecule has 0 aliphatic heterocycles. The molecule has 160 valence electrons. The molecule has 29 heavy (non-hydrogen) atoms. The van der Waals surface area contributed by atoms with Crippen LogP contribution in [-0.4, -0.2) is 33.3 Å². The summed E-state index contributed by atoms with van der Waals surface area (Å²) in [5, 5.41) is 6.37. The molecule has 1 unspecified atom stereocenters. The van der Waals surface area contributed by atoms with Crippen molar-refractivity contribution in [2.75, 3.05) is 27.3 Å². The van der Waals surface area contributed by atoms with Crippen LogP contribution in [0.1, 0.15) is 30.9 Å². The van der Waals surface area contributed by atoms with Gasteiger partial charge in [-0.3, -0.25) is 0 Å². The maximum absolute atomic E-state index is 13.9. The van der Waals surface area contributed by atoms with Crippen LogP contribution in [-0.2, 0) is 6.54 Å². The van der Waals surface area contributed by atoms with Crippen LogP contribution in [0, 0.1) is 11.6 Å². The van der Waals surface area contributed by atoms with E-state index in [2.05, 4.69) is 15.6 Å². The number of guanidine groups is 1. The highest BCUT2D eigenvalue weighted by Crippen LogP contribution is 2.27. The number of benzene rings is 2. The second kappa shape index (κ2) is 12.5. The molecule has 2 rings (SSSR count). The zero-order chi connectivity index (χ0) is 20.5. The van der Waals surface area contributed by atoms with Crippen molar-refractivity contribution < 1.29 is 18.3 Å². The predicted octanol–water partition coefficient (Wildman–Crippen LogP) is 4.46. The van der Waals surface area contributed by atoms with E-state index >= 15 is 0 Å². The molecular weight excluding hydrogens is 491 g/mol. The minimum absolute atomic E-state index is 0. The second-order valence-corrected chi connectivity index (χ2v) is 6.33. The van der Waals surface area contributed by atoms with Gasteiger partial charge in [0.05, 0.1) is 20.8 Å². The van der Waals surface area contributed by atoms with Gasteiger partial charge in [-0.05, 0) is 36.2 Å². The van der Waals surface area contributed by atoms with Gasteiger partial charge in [0.25, 0.3) is 0 Å². The highest BCUT2D eigenvalue weighted by atomic mass is 127. The van der Waals surface area contributed by atoms with Gasteiger partial charge in [-0.2, -0.15) is 0 Å². The summed E-state index contributed by atoms with van der Waals surface area (Å²) >= 11 is 0. The lowest BCUT2D eigenvalue weighted by atomic mass is 10.0. The van der Waals surface area contributed by atoms with Crippen molar-refractivity contribution in [1.82, 2.24) is 10.6 Å². The summed E-state index contributed by atoms with van der Waals surface area (Å²) in [6.07, 6.45) is 0. The van der Waals surface area contributed by atoms with Gasteiger partial charge in [0, 0.05) is 25.1 Å². The van der Waals surface area contributed by atoms with Crippen LogP contribution in [0.4, 0.5) is 8.78 Å². The molecule has 0 aliphatic rings. The summed E-state index contributed by atoms with van der Waals surface area (Å²) in [5.74, 6) is 0.661. The third-order valence-electron chi connectivity index (χ3n) is 4.28. The summed E-state index contributed by atoms with van der Waals surface area (Å²) in [5.41, 5.74) is 1.43. The Kier molecular flexibility index (Phi) is 10.7. The van der Waals surface area contributed by atoms with E-state index in [1.165, 1.54) is 12.1 Å². The minimum atomic E-state index is -0.578. The van der Waals surface area contributed by atoms with E-state index in [1.54, 1.807) is 14.2 Å². The SMILES string of the molecule is CCNC(=NCc1ccc(OC)c(OC)c1)NCC(C)c1ccc(F)cc1F.I. The van der Waals surface area contributed by atoms with Crippen molar-refractivity contribution in [1.29, 1.82) is 0 Å². The number of ether oxygens (including phenoxy) is 2. The first kappa shape index (κ1) is 24.9. The van der Waals surface area contributed by atoms with E-state index in [0.29, 0.717) is 42.7 Å². The molecule has 0 aromatic heterocycles. The molecule has 5 nitrogen and oxygen atoms in total. The predicted molar refractivity (Wildman–Crippen MR) is 123 cm³/mol. The van der Waals surface area contributed by atoms with Crippen LogP contribution in [0.5, 0.6) is 11.5 Å². The van der Waals surface area contributed by atoms with Gasteiger partial charge in [-0.25, -0.2) is 13.8 Å². The second-order valence-electron chi connectivity index (χ2n) is 6.33. The normalized spacial score (nSPS) is 12.0. The number of rotatable bonds is 8. The zero-order valence-electron chi connectivity index (χ0n) is 17.1. The van der Waals surface area contributed by atoms with Gasteiger partial charge < -0.3 is 20.1 Å². The van der Waals surface area contributed by atoms with Crippen LogP contribution in [0.3, 0.4) is 0 Å². The molecule has 0 aliphatic carbocycles. The number of halogens is 3. The van der Waals surface area contributed by atoms with Crippen LogP contribution in [0.2, 0.25) is 0 Å². The molecule has 2 aromatic carbocycles. The third kappa shape index (κ3) is 7.34. The number of methoxy groups -OCH3 is 2. The first-order valence-electron chi connectivity index (χ1n) is 9.16. The molecule has 8 heteroatoms. The molecule has 0 heterocycles. The fourth-order valence-corrected chi connectivity index (χ4v) is 2.75. The van der Waals surface area contributed by atoms with Gasteiger partial charge in [-0.1, -0.05) is 19.1 Å². The Morgan fingerprint density at radius 1 is 1.03 bits per heavy atom. The van der Waals surface area contributed by atoms with Crippen LogP contribution in [0.25, 0.3) is 0 Å². The van der Waals surface area contributed by atoms with Crippen LogP contribution in [0.15, 0.2) is 41.4 Å². The van der Waals surface area contributed by atoms with Crippen molar-refractivity contribution in [3.8, 4) is 11.5 Å². The van der Waals surface area contributed by atoms with E-state index in [4.69, 9.17) is 9.47 Å². The van der Waals surface area contributed by atoms with Gasteiger partial charge >= 0.3 is 0 Å². The van der Waals surface area contributed by atoms with Gasteiger partial charge in [-0.15, -0.1) is 24.0 Å². The summed E-state index contributed by atoms with van der Waals surface area (Å²) in [6.45, 7) is 5.43. The first-order chi connectivity index (χ1) is 13.5. The zero-order valence-corrected chi connectivity index (χ0v) is 19.4. The number of nitrogens with one attached hydrogen (secondary N) is 2. The smallest absolute Gasteiger partial charge is 0.191 e. The molecule has 0 saturated carbocycles. The van der Waals surface area contributed by atoms with Crippen molar-refractivity contribution in [2.45, 2.75) is 26.3 Å². The van der Waals surface area contributed by atoms with E-state index in [1.807, 2.05) is 32.0 Å². The average molecular weight is 519 g/mol. The van der Waals surface area contributed by atoms with Gasteiger partial charge in [0.2, 0.25) is 0 Å². The molecule has 1 atom stereocenters. The maximum atomic E-state index is 13.9. The number of hydrogen-bond acceptors (Lipinski definition) is 3. The van der Waals surface area contributed by atoms with Gasteiger partial charge in [0.15, 0.2) is 17.5 Å². The highest BCUT2D eigenvalue weighted by molar-refractivity contribution is 14.0. The van der Waals surface area contributed by atoms with E-state index in [0.717, 1.165) is 11.6 Å². The first-order valence-corrected chi connectivity index (χ1v) is 9.16. The molecule has 0 radical (unpaired) electrons. The fraction of sp³-hybridized carbons (Fsp3) is 0.381. The van der Waals surface area contributed by atoms with Crippen molar-refractivity contribution in [3.63, 3.8) is 0 Å². The molecule has 0 spiro atoms. The molecule has 0 saturated heterocycles. The van der Waals surface area contributed by atoms with Crippen molar-refractivity contribution >= 4 is 29.9 Å². The number of aliphatic imine (C=N–C) groups is 1. The largest absolute Gasteiger partial charge is 0.493 e. The number of nitrogens with zero attached hydrogens (tertiary/aromatic N) is 1.